The van der Waals surface area contributed by atoms with E-state index in [2.05, 4.69) is 48.3 Å². The summed E-state index contributed by atoms with van der Waals surface area (Å²) < 4.78 is 16.5. The zero-order chi connectivity index (χ0) is 21.3. The highest BCUT2D eigenvalue weighted by Crippen LogP contribution is 2.17. The molecule has 0 aromatic heterocycles. The van der Waals surface area contributed by atoms with Crippen LogP contribution in [0.1, 0.15) is 31.4 Å². The second kappa shape index (κ2) is 11.0. The van der Waals surface area contributed by atoms with Gasteiger partial charge in [0.05, 0.1) is 32.3 Å². The van der Waals surface area contributed by atoms with E-state index in [1.807, 2.05) is 24.3 Å². The first-order chi connectivity index (χ1) is 14.5. The Kier molecular flexibility index (Phi) is 8.11. The SMILES string of the molecule is COc1ccc(OCCC(=O)NCc2ccc(CN3C[C@H](C)O[C@@H](C)C3)cc2)cc1. The summed E-state index contributed by atoms with van der Waals surface area (Å²) in [6.45, 7) is 7.95. The van der Waals surface area contributed by atoms with Crippen LogP contribution < -0.4 is 14.8 Å². The number of amides is 1. The number of carbonyl (C=O) groups excluding carboxylic acids is 1. The minimum Gasteiger partial charge on any atom is -0.497 e. The Morgan fingerprint density at radius 3 is 2.23 bits per heavy atom. The van der Waals surface area contributed by atoms with Gasteiger partial charge in [0.1, 0.15) is 11.5 Å². The van der Waals surface area contributed by atoms with Gasteiger partial charge in [0, 0.05) is 26.2 Å². The molecule has 2 aromatic carbocycles. The molecule has 30 heavy (non-hydrogen) atoms. The normalized spacial score (nSPS) is 19.3. The van der Waals surface area contributed by atoms with E-state index in [0.29, 0.717) is 19.6 Å². The summed E-state index contributed by atoms with van der Waals surface area (Å²) in [6, 6.07) is 15.8. The highest BCUT2D eigenvalue weighted by atomic mass is 16.5. The summed E-state index contributed by atoms with van der Waals surface area (Å²) in [6.07, 6.45) is 0.867. The maximum atomic E-state index is 12.1. The van der Waals surface area contributed by atoms with Crippen molar-refractivity contribution in [3.05, 3.63) is 59.7 Å². The van der Waals surface area contributed by atoms with Crippen molar-refractivity contribution in [1.29, 1.82) is 0 Å². The molecule has 0 bridgehead atoms. The summed E-state index contributed by atoms with van der Waals surface area (Å²) in [5.74, 6) is 1.48. The lowest BCUT2D eigenvalue weighted by Crippen LogP contribution is -2.44. The fraction of sp³-hybridized carbons (Fsp3) is 0.458. The van der Waals surface area contributed by atoms with Gasteiger partial charge in [-0.05, 0) is 49.2 Å². The second-order valence-electron chi connectivity index (χ2n) is 7.82. The smallest absolute Gasteiger partial charge is 0.223 e. The molecule has 1 saturated heterocycles. The van der Waals surface area contributed by atoms with Crippen molar-refractivity contribution in [2.45, 2.75) is 45.6 Å². The van der Waals surface area contributed by atoms with E-state index in [4.69, 9.17) is 14.2 Å². The van der Waals surface area contributed by atoms with E-state index >= 15 is 0 Å². The molecule has 0 unspecified atom stereocenters. The Morgan fingerprint density at radius 1 is 1.00 bits per heavy atom. The van der Waals surface area contributed by atoms with Crippen molar-refractivity contribution >= 4 is 5.91 Å². The fourth-order valence-electron chi connectivity index (χ4n) is 3.66. The highest BCUT2D eigenvalue weighted by molar-refractivity contribution is 5.76. The maximum absolute atomic E-state index is 12.1. The number of benzene rings is 2. The van der Waals surface area contributed by atoms with E-state index in [9.17, 15) is 4.79 Å². The molecule has 1 fully saturated rings. The Bertz CT molecular complexity index is 782. The lowest BCUT2D eigenvalue weighted by molar-refractivity contribution is -0.121. The molecule has 1 aliphatic rings. The fourth-order valence-corrected chi connectivity index (χ4v) is 3.66. The van der Waals surface area contributed by atoms with Gasteiger partial charge in [-0.1, -0.05) is 24.3 Å². The predicted molar refractivity (Wildman–Crippen MR) is 117 cm³/mol. The summed E-state index contributed by atoms with van der Waals surface area (Å²) in [7, 11) is 1.62. The molecule has 6 nitrogen and oxygen atoms in total. The lowest BCUT2D eigenvalue weighted by Gasteiger charge is -2.35. The van der Waals surface area contributed by atoms with E-state index in [0.717, 1.165) is 36.7 Å². The molecule has 0 spiro atoms. The summed E-state index contributed by atoms with van der Waals surface area (Å²) in [5.41, 5.74) is 2.37. The summed E-state index contributed by atoms with van der Waals surface area (Å²) in [5, 5.41) is 2.95. The minimum absolute atomic E-state index is 0.0242. The number of nitrogens with one attached hydrogen (secondary N) is 1. The van der Waals surface area contributed by atoms with Gasteiger partial charge in [0.15, 0.2) is 0 Å². The number of hydrogen-bond donors (Lipinski definition) is 1. The van der Waals surface area contributed by atoms with Crippen molar-refractivity contribution in [2.24, 2.45) is 0 Å². The molecule has 2 atom stereocenters. The largest absolute Gasteiger partial charge is 0.497 e. The molecular formula is C24H32N2O4. The lowest BCUT2D eigenvalue weighted by atomic mass is 10.1. The van der Waals surface area contributed by atoms with Crippen molar-refractivity contribution in [1.82, 2.24) is 10.2 Å². The molecule has 0 saturated carbocycles. The third kappa shape index (κ3) is 7.04. The third-order valence-corrected chi connectivity index (χ3v) is 5.07. The van der Waals surface area contributed by atoms with Gasteiger partial charge in [-0.3, -0.25) is 9.69 Å². The van der Waals surface area contributed by atoms with Crippen LogP contribution in [0.3, 0.4) is 0 Å². The van der Waals surface area contributed by atoms with Crippen LogP contribution in [0.4, 0.5) is 0 Å². The number of methoxy groups -OCH3 is 1. The van der Waals surface area contributed by atoms with Crippen LogP contribution in [-0.4, -0.2) is 49.8 Å². The Morgan fingerprint density at radius 2 is 1.60 bits per heavy atom. The topological polar surface area (TPSA) is 60.0 Å². The molecule has 6 heteroatoms. The van der Waals surface area contributed by atoms with Gasteiger partial charge >= 0.3 is 0 Å². The first-order valence-electron chi connectivity index (χ1n) is 10.5. The first-order valence-corrected chi connectivity index (χ1v) is 10.5. The minimum atomic E-state index is -0.0242. The number of hydrogen-bond acceptors (Lipinski definition) is 5. The van der Waals surface area contributed by atoms with Crippen LogP contribution in [0, 0.1) is 0 Å². The van der Waals surface area contributed by atoms with Crippen molar-refractivity contribution < 1.29 is 19.0 Å². The summed E-state index contributed by atoms with van der Waals surface area (Å²) in [4.78, 5) is 14.5. The number of carbonyl (C=O) groups is 1. The molecule has 1 aliphatic heterocycles. The number of morpholine rings is 1. The summed E-state index contributed by atoms with van der Waals surface area (Å²) >= 11 is 0. The Labute approximate surface area is 179 Å². The zero-order valence-corrected chi connectivity index (χ0v) is 18.1. The Hall–Kier alpha value is -2.57. The molecule has 0 aliphatic carbocycles. The van der Waals surface area contributed by atoms with Crippen LogP contribution in [-0.2, 0) is 22.6 Å². The van der Waals surface area contributed by atoms with E-state index in [1.165, 1.54) is 5.56 Å². The van der Waals surface area contributed by atoms with Crippen LogP contribution in [0.5, 0.6) is 11.5 Å². The van der Waals surface area contributed by atoms with E-state index in [1.54, 1.807) is 7.11 Å². The van der Waals surface area contributed by atoms with Crippen LogP contribution in [0.2, 0.25) is 0 Å². The van der Waals surface area contributed by atoms with Crippen molar-refractivity contribution in [3.8, 4) is 11.5 Å². The molecule has 3 rings (SSSR count). The standard InChI is InChI=1S/C24H32N2O4/c1-18-15-26(16-19(2)30-18)17-21-6-4-20(5-7-21)14-25-24(27)12-13-29-23-10-8-22(28-3)9-11-23/h4-11,18-19H,12-17H2,1-3H3,(H,25,27)/t18-,19-/m0/s1. The molecule has 1 N–H and O–H groups in total. The van der Waals surface area contributed by atoms with Gasteiger partial charge in [0.2, 0.25) is 5.91 Å². The molecule has 1 heterocycles. The van der Waals surface area contributed by atoms with Gasteiger partial charge in [0.25, 0.3) is 0 Å². The Balaban J connectivity index is 1.36. The second-order valence-corrected chi connectivity index (χ2v) is 7.82. The van der Waals surface area contributed by atoms with E-state index < -0.39 is 0 Å². The predicted octanol–water partition coefficient (Wildman–Crippen LogP) is 3.39. The monoisotopic (exact) mass is 412 g/mol. The average Bonchev–Trinajstić information content (AvgIpc) is 2.73. The van der Waals surface area contributed by atoms with Gasteiger partial charge in [-0.25, -0.2) is 0 Å². The number of rotatable bonds is 9. The highest BCUT2D eigenvalue weighted by Gasteiger charge is 2.21. The molecule has 0 radical (unpaired) electrons. The van der Waals surface area contributed by atoms with Crippen LogP contribution >= 0.6 is 0 Å². The number of nitrogens with zero attached hydrogens (tertiary/aromatic N) is 1. The quantitative estimate of drug-likeness (QED) is 0.684. The maximum Gasteiger partial charge on any atom is 0.223 e. The third-order valence-electron chi connectivity index (χ3n) is 5.07. The number of ether oxygens (including phenoxy) is 3. The van der Waals surface area contributed by atoms with Gasteiger partial charge in [-0.2, -0.15) is 0 Å². The molecule has 2 aromatic rings. The van der Waals surface area contributed by atoms with Gasteiger partial charge in [-0.15, -0.1) is 0 Å². The molecule has 162 valence electrons. The first kappa shape index (κ1) is 22.1. The zero-order valence-electron chi connectivity index (χ0n) is 18.1. The molecule has 1 amide bonds. The van der Waals surface area contributed by atoms with Crippen molar-refractivity contribution in [3.63, 3.8) is 0 Å². The average molecular weight is 413 g/mol. The van der Waals surface area contributed by atoms with Crippen LogP contribution in [0.15, 0.2) is 48.5 Å². The molecular weight excluding hydrogens is 380 g/mol. The van der Waals surface area contributed by atoms with Crippen molar-refractivity contribution in [2.75, 3.05) is 26.8 Å². The van der Waals surface area contributed by atoms with E-state index in [-0.39, 0.29) is 18.1 Å². The van der Waals surface area contributed by atoms with Crippen LogP contribution in [0.25, 0.3) is 0 Å². The van der Waals surface area contributed by atoms with Gasteiger partial charge < -0.3 is 19.5 Å².